The summed E-state index contributed by atoms with van der Waals surface area (Å²) in [5, 5.41) is 0. The van der Waals surface area contributed by atoms with Crippen molar-refractivity contribution in [3.63, 3.8) is 0 Å². The first-order valence-electron chi connectivity index (χ1n) is 10.6. The fourth-order valence-corrected chi connectivity index (χ4v) is 5.53. The molecule has 0 aliphatic carbocycles. The SMILES string of the molecule is CC(C)c1nc(-c2ccccn2)ncc1S(=O)(=O)N1CCN(C(=O)[C@H]2CCCO2)CC1. The number of nitrogens with zero attached hydrogens (tertiary/aromatic N) is 5. The Kier molecular flexibility index (Phi) is 6.31. The van der Waals surface area contributed by atoms with Crippen LogP contribution in [0.25, 0.3) is 11.5 Å². The standard InChI is InChI=1S/C21H27N5O4S/c1-15(2)19-18(14-23-20(24-19)16-6-3-4-8-22-16)31(28,29)26-11-9-25(10-12-26)21(27)17-7-5-13-30-17/h3-4,6,8,14-15,17H,5,7,9-13H2,1-2H3/t17-/m1/s1. The largest absolute Gasteiger partial charge is 0.368 e. The summed E-state index contributed by atoms with van der Waals surface area (Å²) >= 11 is 0. The lowest BCUT2D eigenvalue weighted by molar-refractivity contribution is -0.142. The number of amides is 1. The fraction of sp³-hybridized carbons (Fsp3) is 0.524. The highest BCUT2D eigenvalue weighted by molar-refractivity contribution is 7.89. The molecule has 166 valence electrons. The van der Waals surface area contributed by atoms with Crippen molar-refractivity contribution in [1.82, 2.24) is 24.2 Å². The van der Waals surface area contributed by atoms with E-state index in [0.717, 1.165) is 12.8 Å². The number of carbonyl (C=O) groups excluding carboxylic acids is 1. The molecule has 0 N–H and O–H groups in total. The zero-order valence-electron chi connectivity index (χ0n) is 17.8. The molecule has 0 spiro atoms. The molecule has 2 aromatic rings. The third-order valence-electron chi connectivity index (χ3n) is 5.60. The van der Waals surface area contributed by atoms with E-state index in [1.54, 1.807) is 23.2 Å². The summed E-state index contributed by atoms with van der Waals surface area (Å²) in [6.07, 6.45) is 4.26. The van der Waals surface area contributed by atoms with Crippen molar-refractivity contribution in [3.05, 3.63) is 36.3 Å². The first-order valence-corrected chi connectivity index (χ1v) is 12.0. The normalized spacial score (nSPS) is 20.4. The Morgan fingerprint density at radius 1 is 1.16 bits per heavy atom. The van der Waals surface area contributed by atoms with Crippen molar-refractivity contribution in [1.29, 1.82) is 0 Å². The van der Waals surface area contributed by atoms with Gasteiger partial charge in [-0.05, 0) is 30.9 Å². The zero-order chi connectivity index (χ0) is 22.0. The summed E-state index contributed by atoms with van der Waals surface area (Å²) in [6.45, 7) is 5.59. The van der Waals surface area contributed by atoms with Crippen LogP contribution in [0.1, 0.15) is 38.3 Å². The quantitative estimate of drug-likeness (QED) is 0.689. The van der Waals surface area contributed by atoms with Gasteiger partial charge in [0.2, 0.25) is 10.0 Å². The first kappa shape index (κ1) is 21.8. The van der Waals surface area contributed by atoms with E-state index in [1.165, 1.54) is 10.5 Å². The van der Waals surface area contributed by atoms with Crippen molar-refractivity contribution in [2.45, 2.75) is 43.6 Å². The molecule has 0 unspecified atom stereocenters. The summed E-state index contributed by atoms with van der Waals surface area (Å²) in [4.78, 5) is 27.4. The molecule has 10 heteroatoms. The van der Waals surface area contributed by atoms with Gasteiger partial charge in [-0.3, -0.25) is 9.78 Å². The monoisotopic (exact) mass is 445 g/mol. The third kappa shape index (κ3) is 4.46. The average Bonchev–Trinajstić information content (AvgIpc) is 3.34. The van der Waals surface area contributed by atoms with Gasteiger partial charge in [0.1, 0.15) is 16.7 Å². The van der Waals surface area contributed by atoms with E-state index >= 15 is 0 Å². The van der Waals surface area contributed by atoms with Gasteiger partial charge < -0.3 is 9.64 Å². The number of carbonyl (C=O) groups is 1. The molecule has 1 amide bonds. The lowest BCUT2D eigenvalue weighted by Gasteiger charge is -2.35. The lowest BCUT2D eigenvalue weighted by atomic mass is 10.1. The first-order chi connectivity index (χ1) is 14.9. The second kappa shape index (κ2) is 8.97. The highest BCUT2D eigenvalue weighted by atomic mass is 32.2. The molecule has 0 saturated carbocycles. The van der Waals surface area contributed by atoms with Crippen LogP contribution < -0.4 is 0 Å². The Bertz CT molecular complexity index is 1030. The molecule has 4 rings (SSSR count). The van der Waals surface area contributed by atoms with E-state index in [2.05, 4.69) is 15.0 Å². The van der Waals surface area contributed by atoms with Crippen LogP contribution in [-0.4, -0.2) is 77.4 Å². The number of pyridine rings is 1. The van der Waals surface area contributed by atoms with Crippen LogP contribution >= 0.6 is 0 Å². The van der Waals surface area contributed by atoms with E-state index in [-0.39, 0.29) is 35.9 Å². The molecule has 0 bridgehead atoms. The molecule has 2 aromatic heterocycles. The van der Waals surface area contributed by atoms with Crippen molar-refractivity contribution in [2.24, 2.45) is 0 Å². The van der Waals surface area contributed by atoms with Crippen LogP contribution in [0.5, 0.6) is 0 Å². The van der Waals surface area contributed by atoms with Crippen LogP contribution in [0.2, 0.25) is 0 Å². The molecule has 0 aromatic carbocycles. The van der Waals surface area contributed by atoms with E-state index in [9.17, 15) is 13.2 Å². The van der Waals surface area contributed by atoms with Crippen LogP contribution in [0.3, 0.4) is 0 Å². The molecule has 0 radical (unpaired) electrons. The van der Waals surface area contributed by atoms with Crippen LogP contribution in [-0.2, 0) is 19.6 Å². The molecular formula is C21H27N5O4S. The minimum Gasteiger partial charge on any atom is -0.368 e. The van der Waals surface area contributed by atoms with Gasteiger partial charge in [-0.1, -0.05) is 19.9 Å². The second-order valence-corrected chi connectivity index (χ2v) is 9.95. The highest BCUT2D eigenvalue weighted by Crippen LogP contribution is 2.27. The molecule has 2 aliphatic heterocycles. The number of aromatic nitrogens is 3. The minimum absolute atomic E-state index is 0.0412. The van der Waals surface area contributed by atoms with Gasteiger partial charge >= 0.3 is 0 Å². The van der Waals surface area contributed by atoms with Crippen LogP contribution in [0.4, 0.5) is 0 Å². The minimum atomic E-state index is -3.79. The lowest BCUT2D eigenvalue weighted by Crippen LogP contribution is -2.52. The van der Waals surface area contributed by atoms with Gasteiger partial charge in [0.25, 0.3) is 5.91 Å². The molecule has 2 fully saturated rings. The maximum absolute atomic E-state index is 13.4. The van der Waals surface area contributed by atoms with Crippen molar-refractivity contribution >= 4 is 15.9 Å². The summed E-state index contributed by atoms with van der Waals surface area (Å²) in [6, 6.07) is 5.43. The van der Waals surface area contributed by atoms with Crippen molar-refractivity contribution < 1.29 is 17.9 Å². The van der Waals surface area contributed by atoms with Gasteiger partial charge in [0.05, 0.1) is 11.9 Å². The van der Waals surface area contributed by atoms with Gasteiger partial charge in [0.15, 0.2) is 5.82 Å². The number of hydrogen-bond donors (Lipinski definition) is 0. The molecule has 4 heterocycles. The Labute approximate surface area is 182 Å². The molecular weight excluding hydrogens is 418 g/mol. The number of ether oxygens (including phenoxy) is 1. The third-order valence-corrected chi connectivity index (χ3v) is 7.51. The highest BCUT2D eigenvalue weighted by Gasteiger charge is 2.35. The van der Waals surface area contributed by atoms with Gasteiger partial charge in [-0.25, -0.2) is 18.4 Å². The Morgan fingerprint density at radius 3 is 2.55 bits per heavy atom. The molecule has 2 aliphatic rings. The van der Waals surface area contributed by atoms with E-state index in [1.807, 2.05) is 19.9 Å². The van der Waals surface area contributed by atoms with Gasteiger partial charge in [0, 0.05) is 39.0 Å². The summed E-state index contributed by atoms with van der Waals surface area (Å²) in [5.41, 5.74) is 1.06. The summed E-state index contributed by atoms with van der Waals surface area (Å²) in [7, 11) is -3.79. The Morgan fingerprint density at radius 2 is 1.94 bits per heavy atom. The topological polar surface area (TPSA) is 106 Å². The summed E-state index contributed by atoms with van der Waals surface area (Å²) in [5.74, 6) is 0.244. The Hall–Kier alpha value is -2.43. The molecule has 2 saturated heterocycles. The smallest absolute Gasteiger partial charge is 0.251 e. The number of sulfonamides is 1. The Balaban J connectivity index is 1.54. The second-order valence-electron chi connectivity index (χ2n) is 8.04. The summed E-state index contributed by atoms with van der Waals surface area (Å²) < 4.78 is 33.7. The van der Waals surface area contributed by atoms with Crippen molar-refractivity contribution in [3.8, 4) is 11.5 Å². The zero-order valence-corrected chi connectivity index (χ0v) is 18.6. The predicted octanol–water partition coefficient (Wildman–Crippen LogP) is 1.67. The maximum Gasteiger partial charge on any atom is 0.251 e. The van der Waals surface area contributed by atoms with Crippen LogP contribution in [0, 0.1) is 0 Å². The van der Waals surface area contributed by atoms with Gasteiger partial charge in [-0.15, -0.1) is 0 Å². The van der Waals surface area contributed by atoms with E-state index < -0.39 is 10.0 Å². The number of hydrogen-bond acceptors (Lipinski definition) is 7. The number of piperazine rings is 1. The molecule has 9 nitrogen and oxygen atoms in total. The van der Waals surface area contributed by atoms with Gasteiger partial charge in [-0.2, -0.15) is 4.31 Å². The van der Waals surface area contributed by atoms with Crippen LogP contribution in [0.15, 0.2) is 35.5 Å². The van der Waals surface area contributed by atoms with Crippen molar-refractivity contribution in [2.75, 3.05) is 32.8 Å². The predicted molar refractivity (Wildman–Crippen MR) is 114 cm³/mol. The average molecular weight is 446 g/mol. The maximum atomic E-state index is 13.4. The number of rotatable bonds is 5. The fourth-order valence-electron chi connectivity index (χ4n) is 3.88. The van der Waals surface area contributed by atoms with E-state index in [0.29, 0.717) is 36.9 Å². The van der Waals surface area contributed by atoms with E-state index in [4.69, 9.17) is 4.74 Å². The molecule has 1 atom stereocenters. The molecule has 31 heavy (non-hydrogen) atoms.